The molecule has 192 valence electrons. The van der Waals surface area contributed by atoms with Crippen LogP contribution in [0, 0.1) is 13.8 Å². The third-order valence-electron chi connectivity index (χ3n) is 5.71. The minimum absolute atomic E-state index is 0.0684. The summed E-state index contributed by atoms with van der Waals surface area (Å²) in [5.74, 6) is -0.801. The maximum absolute atomic E-state index is 13.8. The summed E-state index contributed by atoms with van der Waals surface area (Å²) in [6.45, 7) is 10.7. The van der Waals surface area contributed by atoms with Crippen molar-refractivity contribution in [2.45, 2.75) is 66.1 Å². The molecule has 0 heterocycles. The fourth-order valence-electron chi connectivity index (χ4n) is 3.78. The molecule has 35 heavy (non-hydrogen) atoms. The summed E-state index contributed by atoms with van der Waals surface area (Å²) >= 11 is 6.37. The molecule has 0 bridgehead atoms. The molecule has 2 rings (SSSR count). The maximum Gasteiger partial charge on any atom is 0.244 e. The van der Waals surface area contributed by atoms with Gasteiger partial charge in [-0.05, 0) is 69.9 Å². The lowest BCUT2D eigenvalue weighted by Gasteiger charge is -2.35. The number of sulfonamides is 1. The molecule has 1 unspecified atom stereocenters. The molecule has 9 heteroatoms. The average Bonchev–Trinajstić information content (AvgIpc) is 2.73. The van der Waals surface area contributed by atoms with Crippen molar-refractivity contribution in [1.82, 2.24) is 10.2 Å². The molecule has 0 aliphatic heterocycles. The van der Waals surface area contributed by atoms with Gasteiger partial charge < -0.3 is 10.2 Å². The van der Waals surface area contributed by atoms with E-state index in [4.69, 9.17) is 11.6 Å². The molecule has 1 N–H and O–H groups in total. The zero-order chi connectivity index (χ0) is 26.6. The molecule has 0 fully saturated rings. The van der Waals surface area contributed by atoms with Gasteiger partial charge in [0.25, 0.3) is 0 Å². The van der Waals surface area contributed by atoms with Crippen LogP contribution in [0.1, 0.15) is 50.8 Å². The summed E-state index contributed by atoms with van der Waals surface area (Å²) in [6, 6.07) is 11.6. The van der Waals surface area contributed by atoms with Crippen molar-refractivity contribution in [3.8, 4) is 0 Å². The molecule has 2 aromatic carbocycles. The van der Waals surface area contributed by atoms with Gasteiger partial charge >= 0.3 is 0 Å². The second-order valence-electron chi connectivity index (χ2n) is 9.77. The van der Waals surface area contributed by atoms with Crippen LogP contribution in [-0.4, -0.2) is 49.5 Å². The topological polar surface area (TPSA) is 86.8 Å². The molecular formula is C26H36ClN3O4S. The molecule has 0 spiro atoms. The monoisotopic (exact) mass is 521 g/mol. The summed E-state index contributed by atoms with van der Waals surface area (Å²) < 4.78 is 26.7. The number of amides is 2. The van der Waals surface area contributed by atoms with Crippen LogP contribution in [0.25, 0.3) is 0 Å². The minimum atomic E-state index is -3.79. The van der Waals surface area contributed by atoms with Crippen LogP contribution in [0.3, 0.4) is 0 Å². The number of rotatable bonds is 9. The predicted octanol–water partition coefficient (Wildman–Crippen LogP) is 4.44. The van der Waals surface area contributed by atoms with Gasteiger partial charge in [-0.15, -0.1) is 0 Å². The lowest BCUT2D eigenvalue weighted by atomic mass is 10.1. The molecular weight excluding hydrogens is 486 g/mol. The van der Waals surface area contributed by atoms with E-state index in [1.807, 2.05) is 47.6 Å². The van der Waals surface area contributed by atoms with Crippen LogP contribution in [0.15, 0.2) is 42.5 Å². The van der Waals surface area contributed by atoms with Crippen molar-refractivity contribution < 1.29 is 18.0 Å². The van der Waals surface area contributed by atoms with Gasteiger partial charge in [0.1, 0.15) is 12.6 Å². The number of carbonyl (C=O) groups is 2. The molecule has 2 aromatic rings. The first-order valence-electron chi connectivity index (χ1n) is 11.5. The van der Waals surface area contributed by atoms with Crippen molar-refractivity contribution in [2.75, 3.05) is 17.1 Å². The van der Waals surface area contributed by atoms with Gasteiger partial charge in [0.2, 0.25) is 21.8 Å². The van der Waals surface area contributed by atoms with Crippen molar-refractivity contribution in [3.63, 3.8) is 0 Å². The molecule has 0 radical (unpaired) electrons. The quantitative estimate of drug-likeness (QED) is 0.528. The highest BCUT2D eigenvalue weighted by Gasteiger charge is 2.33. The Morgan fingerprint density at radius 3 is 2.23 bits per heavy atom. The molecule has 0 saturated heterocycles. The van der Waals surface area contributed by atoms with Crippen molar-refractivity contribution >= 4 is 39.1 Å². The zero-order valence-corrected chi connectivity index (χ0v) is 23.1. The molecule has 2 amide bonds. The standard InChI is InChI=1S/C26H36ClN3O4S/c1-8-22(25(32)28-26(4,5)6)29(16-20-13-9-10-14-21(20)27)24(31)17-30(35(7,33)34)23-15-11-12-18(2)19(23)3/h9-15,22H,8,16-17H2,1-7H3,(H,28,32). The second kappa shape index (κ2) is 11.4. The van der Waals surface area contributed by atoms with Gasteiger partial charge in [-0.1, -0.05) is 48.9 Å². The van der Waals surface area contributed by atoms with E-state index in [9.17, 15) is 18.0 Å². The number of carbonyl (C=O) groups excluding carboxylic acids is 2. The van der Waals surface area contributed by atoms with Crippen LogP contribution < -0.4 is 9.62 Å². The van der Waals surface area contributed by atoms with Crippen LogP contribution in [0.5, 0.6) is 0 Å². The summed E-state index contributed by atoms with van der Waals surface area (Å²) in [6.07, 6.45) is 1.42. The van der Waals surface area contributed by atoms with E-state index in [2.05, 4.69) is 5.32 Å². The Labute approximate surface area is 214 Å². The Bertz CT molecular complexity index is 1180. The van der Waals surface area contributed by atoms with Crippen molar-refractivity contribution in [1.29, 1.82) is 0 Å². The highest BCUT2D eigenvalue weighted by molar-refractivity contribution is 7.92. The third-order valence-corrected chi connectivity index (χ3v) is 7.20. The Kier molecular flexibility index (Phi) is 9.36. The van der Waals surface area contributed by atoms with E-state index in [1.165, 1.54) is 4.90 Å². The van der Waals surface area contributed by atoms with Crippen molar-refractivity contribution in [2.24, 2.45) is 0 Å². The highest BCUT2D eigenvalue weighted by atomic mass is 35.5. The largest absolute Gasteiger partial charge is 0.350 e. The first-order chi connectivity index (χ1) is 16.2. The van der Waals surface area contributed by atoms with E-state index in [0.717, 1.165) is 21.7 Å². The number of halogens is 1. The van der Waals surface area contributed by atoms with Gasteiger partial charge in [-0.25, -0.2) is 8.42 Å². The minimum Gasteiger partial charge on any atom is -0.350 e. The van der Waals surface area contributed by atoms with E-state index in [0.29, 0.717) is 22.7 Å². The van der Waals surface area contributed by atoms with E-state index in [-0.39, 0.29) is 12.5 Å². The van der Waals surface area contributed by atoms with Crippen LogP contribution in [0.2, 0.25) is 5.02 Å². The molecule has 7 nitrogen and oxygen atoms in total. The summed E-state index contributed by atoms with van der Waals surface area (Å²) in [4.78, 5) is 28.4. The maximum atomic E-state index is 13.8. The number of hydrogen-bond acceptors (Lipinski definition) is 4. The number of anilines is 1. The molecule has 0 aliphatic carbocycles. The summed E-state index contributed by atoms with van der Waals surface area (Å²) in [7, 11) is -3.79. The van der Waals surface area contributed by atoms with Gasteiger partial charge in [0.05, 0.1) is 11.9 Å². The molecule has 0 saturated carbocycles. The molecule has 0 aliphatic rings. The number of benzene rings is 2. The summed E-state index contributed by atoms with van der Waals surface area (Å²) in [5.41, 5.74) is 2.28. The molecule has 1 atom stereocenters. The van der Waals surface area contributed by atoms with Crippen LogP contribution >= 0.6 is 11.6 Å². The smallest absolute Gasteiger partial charge is 0.244 e. The number of hydrogen-bond donors (Lipinski definition) is 1. The Balaban J connectivity index is 2.52. The second-order valence-corrected chi connectivity index (χ2v) is 12.1. The Morgan fingerprint density at radius 1 is 1.06 bits per heavy atom. The number of aryl methyl sites for hydroxylation is 1. The average molecular weight is 522 g/mol. The number of nitrogens with one attached hydrogen (secondary N) is 1. The zero-order valence-electron chi connectivity index (χ0n) is 21.6. The Hall–Kier alpha value is -2.58. The fourth-order valence-corrected chi connectivity index (χ4v) is 4.88. The van der Waals surface area contributed by atoms with E-state index < -0.39 is 34.1 Å². The van der Waals surface area contributed by atoms with E-state index in [1.54, 1.807) is 36.4 Å². The van der Waals surface area contributed by atoms with Crippen LogP contribution in [0.4, 0.5) is 5.69 Å². The Morgan fingerprint density at radius 2 is 1.69 bits per heavy atom. The van der Waals surface area contributed by atoms with E-state index >= 15 is 0 Å². The normalized spacial score (nSPS) is 12.7. The third kappa shape index (κ3) is 7.70. The van der Waals surface area contributed by atoms with Crippen molar-refractivity contribution in [3.05, 3.63) is 64.2 Å². The first-order valence-corrected chi connectivity index (χ1v) is 13.8. The SMILES string of the molecule is CCC(C(=O)NC(C)(C)C)N(Cc1ccccc1Cl)C(=O)CN(c1cccc(C)c1C)S(C)(=O)=O. The summed E-state index contributed by atoms with van der Waals surface area (Å²) in [5, 5.41) is 3.40. The van der Waals surface area contributed by atoms with Gasteiger partial charge in [-0.3, -0.25) is 13.9 Å². The lowest BCUT2D eigenvalue weighted by molar-refractivity contribution is -0.141. The van der Waals surface area contributed by atoms with Gasteiger partial charge in [0.15, 0.2) is 0 Å². The molecule has 0 aromatic heterocycles. The predicted molar refractivity (Wildman–Crippen MR) is 142 cm³/mol. The van der Waals surface area contributed by atoms with Gasteiger partial charge in [0, 0.05) is 17.1 Å². The first kappa shape index (κ1) is 28.7. The van der Waals surface area contributed by atoms with Gasteiger partial charge in [-0.2, -0.15) is 0 Å². The number of nitrogens with zero attached hydrogens (tertiary/aromatic N) is 2. The fraction of sp³-hybridized carbons (Fsp3) is 0.462. The lowest BCUT2D eigenvalue weighted by Crippen LogP contribution is -2.55. The van der Waals surface area contributed by atoms with Crippen LogP contribution in [-0.2, 0) is 26.2 Å². The highest BCUT2D eigenvalue weighted by Crippen LogP contribution is 2.26.